The number of aliphatic hydroxyl groups is 1. The number of nitrogens with zero attached hydrogens (tertiary/aromatic N) is 2. The standard InChI is InChI=1S/C17H24N2O2/c1-6-9-19-16(15(21-5)11-18-19)17(4,20)14-10-12(2)7-8-13(14)3/h7-8,10-11,20H,6,9H2,1-5H3. The molecule has 0 aliphatic carbocycles. The normalized spacial score (nSPS) is 14.0. The Kier molecular flexibility index (Phi) is 4.37. The van der Waals surface area contributed by atoms with Crippen molar-refractivity contribution in [1.82, 2.24) is 9.78 Å². The highest BCUT2D eigenvalue weighted by Crippen LogP contribution is 2.37. The molecule has 0 aliphatic rings. The Morgan fingerprint density at radius 1 is 1.33 bits per heavy atom. The molecule has 0 amide bonds. The van der Waals surface area contributed by atoms with Gasteiger partial charge in [-0.05, 0) is 38.3 Å². The average molecular weight is 288 g/mol. The fraction of sp³-hybridized carbons (Fsp3) is 0.471. The first-order chi connectivity index (χ1) is 9.91. The topological polar surface area (TPSA) is 47.3 Å². The molecule has 2 rings (SSSR count). The summed E-state index contributed by atoms with van der Waals surface area (Å²) >= 11 is 0. The number of aryl methyl sites for hydroxylation is 3. The maximum atomic E-state index is 11.2. The van der Waals surface area contributed by atoms with E-state index in [0.29, 0.717) is 11.4 Å². The van der Waals surface area contributed by atoms with Crippen molar-refractivity contribution in [2.24, 2.45) is 0 Å². The number of ether oxygens (including phenoxy) is 1. The Morgan fingerprint density at radius 3 is 2.67 bits per heavy atom. The molecule has 0 bridgehead atoms. The van der Waals surface area contributed by atoms with Gasteiger partial charge in [0, 0.05) is 6.54 Å². The predicted molar refractivity (Wildman–Crippen MR) is 83.7 cm³/mol. The summed E-state index contributed by atoms with van der Waals surface area (Å²) in [4.78, 5) is 0. The first-order valence-electron chi connectivity index (χ1n) is 7.32. The number of benzene rings is 1. The molecule has 0 saturated heterocycles. The minimum Gasteiger partial charge on any atom is -0.493 e. The Balaban J connectivity index is 2.62. The summed E-state index contributed by atoms with van der Waals surface area (Å²) < 4.78 is 7.24. The van der Waals surface area contributed by atoms with Crippen molar-refractivity contribution in [2.75, 3.05) is 7.11 Å². The number of methoxy groups -OCH3 is 1. The van der Waals surface area contributed by atoms with Crippen molar-refractivity contribution < 1.29 is 9.84 Å². The number of hydrogen-bond donors (Lipinski definition) is 1. The lowest BCUT2D eigenvalue weighted by atomic mass is 9.87. The van der Waals surface area contributed by atoms with E-state index in [-0.39, 0.29) is 0 Å². The quantitative estimate of drug-likeness (QED) is 0.919. The molecule has 1 unspecified atom stereocenters. The van der Waals surface area contributed by atoms with Crippen LogP contribution in [0, 0.1) is 13.8 Å². The van der Waals surface area contributed by atoms with E-state index in [1.54, 1.807) is 20.2 Å². The van der Waals surface area contributed by atoms with Crippen LogP contribution in [0.25, 0.3) is 0 Å². The Labute approximate surface area is 126 Å². The molecule has 0 saturated carbocycles. The van der Waals surface area contributed by atoms with Crippen LogP contribution >= 0.6 is 0 Å². The van der Waals surface area contributed by atoms with Crippen LogP contribution < -0.4 is 4.74 Å². The molecule has 4 heteroatoms. The van der Waals surface area contributed by atoms with Gasteiger partial charge in [0.25, 0.3) is 0 Å². The van der Waals surface area contributed by atoms with Crippen LogP contribution in [0.2, 0.25) is 0 Å². The molecule has 0 aliphatic heterocycles. The molecule has 1 aromatic carbocycles. The van der Waals surface area contributed by atoms with E-state index in [0.717, 1.165) is 29.7 Å². The van der Waals surface area contributed by atoms with E-state index >= 15 is 0 Å². The van der Waals surface area contributed by atoms with Crippen LogP contribution in [0.4, 0.5) is 0 Å². The molecule has 0 radical (unpaired) electrons. The second-order valence-corrected chi connectivity index (χ2v) is 5.68. The molecule has 1 aromatic heterocycles. The lowest BCUT2D eigenvalue weighted by Crippen LogP contribution is -2.28. The fourth-order valence-electron chi connectivity index (χ4n) is 2.78. The monoisotopic (exact) mass is 288 g/mol. The van der Waals surface area contributed by atoms with Gasteiger partial charge in [-0.25, -0.2) is 0 Å². The van der Waals surface area contributed by atoms with Crippen molar-refractivity contribution in [2.45, 2.75) is 46.3 Å². The number of aromatic nitrogens is 2. The second kappa shape index (κ2) is 5.90. The van der Waals surface area contributed by atoms with Gasteiger partial charge in [-0.2, -0.15) is 5.10 Å². The zero-order valence-corrected chi connectivity index (χ0v) is 13.5. The number of hydrogen-bond acceptors (Lipinski definition) is 3. The van der Waals surface area contributed by atoms with Gasteiger partial charge in [0.2, 0.25) is 0 Å². The first kappa shape index (κ1) is 15.6. The summed E-state index contributed by atoms with van der Waals surface area (Å²) in [7, 11) is 1.61. The van der Waals surface area contributed by atoms with E-state index in [9.17, 15) is 5.11 Å². The maximum Gasteiger partial charge on any atom is 0.163 e. The third-order valence-corrected chi connectivity index (χ3v) is 3.84. The van der Waals surface area contributed by atoms with Gasteiger partial charge in [-0.15, -0.1) is 0 Å². The zero-order chi connectivity index (χ0) is 15.6. The highest BCUT2D eigenvalue weighted by atomic mass is 16.5. The molecule has 1 N–H and O–H groups in total. The van der Waals surface area contributed by atoms with Crippen molar-refractivity contribution in [3.63, 3.8) is 0 Å². The molecule has 1 atom stereocenters. The minimum atomic E-state index is -1.15. The molecule has 0 spiro atoms. The predicted octanol–water partition coefficient (Wildman–Crippen LogP) is 3.17. The number of rotatable bonds is 5. The minimum absolute atomic E-state index is 0.620. The Hall–Kier alpha value is -1.81. The molecule has 21 heavy (non-hydrogen) atoms. The summed E-state index contributed by atoms with van der Waals surface area (Å²) in [5.41, 5.74) is 2.63. The van der Waals surface area contributed by atoms with Gasteiger partial charge >= 0.3 is 0 Å². The molecule has 4 nitrogen and oxygen atoms in total. The molecular weight excluding hydrogens is 264 g/mol. The van der Waals surface area contributed by atoms with Crippen LogP contribution in [0.1, 0.15) is 42.7 Å². The van der Waals surface area contributed by atoms with E-state index in [4.69, 9.17) is 4.74 Å². The fourth-order valence-corrected chi connectivity index (χ4v) is 2.78. The maximum absolute atomic E-state index is 11.2. The Morgan fingerprint density at radius 2 is 2.05 bits per heavy atom. The molecule has 2 aromatic rings. The van der Waals surface area contributed by atoms with Crippen molar-refractivity contribution in [3.05, 3.63) is 46.8 Å². The first-order valence-corrected chi connectivity index (χ1v) is 7.32. The van der Waals surface area contributed by atoms with Gasteiger partial charge in [0.1, 0.15) is 11.3 Å². The van der Waals surface area contributed by atoms with Gasteiger partial charge in [0.15, 0.2) is 5.75 Å². The van der Waals surface area contributed by atoms with E-state index < -0.39 is 5.60 Å². The van der Waals surface area contributed by atoms with Crippen LogP contribution in [-0.2, 0) is 12.1 Å². The van der Waals surface area contributed by atoms with E-state index in [2.05, 4.69) is 18.1 Å². The SMILES string of the molecule is CCCn1ncc(OC)c1C(C)(O)c1cc(C)ccc1C. The summed E-state index contributed by atoms with van der Waals surface area (Å²) in [6, 6.07) is 6.11. The molecule has 114 valence electrons. The Bertz CT molecular complexity index is 630. The lowest BCUT2D eigenvalue weighted by Gasteiger charge is -2.28. The lowest BCUT2D eigenvalue weighted by molar-refractivity contribution is 0.0874. The van der Waals surface area contributed by atoms with Crippen molar-refractivity contribution >= 4 is 0 Å². The second-order valence-electron chi connectivity index (χ2n) is 5.68. The highest BCUT2D eigenvalue weighted by Gasteiger charge is 2.34. The largest absolute Gasteiger partial charge is 0.493 e. The summed E-state index contributed by atoms with van der Waals surface area (Å²) in [6.07, 6.45) is 2.62. The highest BCUT2D eigenvalue weighted by molar-refractivity contribution is 5.44. The molecule has 0 fully saturated rings. The summed E-state index contributed by atoms with van der Waals surface area (Å²) in [6.45, 7) is 8.68. The van der Waals surface area contributed by atoms with Crippen LogP contribution in [0.3, 0.4) is 0 Å². The van der Waals surface area contributed by atoms with Gasteiger partial charge < -0.3 is 9.84 Å². The zero-order valence-electron chi connectivity index (χ0n) is 13.5. The van der Waals surface area contributed by atoms with Gasteiger partial charge in [-0.3, -0.25) is 4.68 Å². The average Bonchev–Trinajstić information content (AvgIpc) is 2.85. The van der Waals surface area contributed by atoms with Crippen molar-refractivity contribution in [1.29, 1.82) is 0 Å². The van der Waals surface area contributed by atoms with Crippen molar-refractivity contribution in [3.8, 4) is 5.75 Å². The third-order valence-electron chi connectivity index (χ3n) is 3.84. The van der Waals surface area contributed by atoms with Crippen LogP contribution in [0.5, 0.6) is 5.75 Å². The molecular formula is C17H24N2O2. The van der Waals surface area contributed by atoms with Crippen LogP contribution in [-0.4, -0.2) is 22.0 Å². The van der Waals surface area contributed by atoms with Crippen LogP contribution in [0.15, 0.2) is 24.4 Å². The summed E-state index contributed by atoms with van der Waals surface area (Å²) in [5.74, 6) is 0.620. The van der Waals surface area contributed by atoms with Gasteiger partial charge in [0.05, 0.1) is 13.3 Å². The van der Waals surface area contributed by atoms with E-state index in [1.165, 1.54) is 0 Å². The smallest absolute Gasteiger partial charge is 0.163 e. The molecule has 1 heterocycles. The van der Waals surface area contributed by atoms with Gasteiger partial charge in [-0.1, -0.05) is 30.7 Å². The van der Waals surface area contributed by atoms with E-state index in [1.807, 2.05) is 30.7 Å². The third kappa shape index (κ3) is 2.81. The summed E-state index contributed by atoms with van der Waals surface area (Å²) in [5, 5.41) is 15.6.